The second-order valence-electron chi connectivity index (χ2n) is 6.41. The van der Waals surface area contributed by atoms with E-state index in [4.69, 9.17) is 5.10 Å². The number of nitrogens with zero attached hydrogens (tertiary/aromatic N) is 4. The van der Waals surface area contributed by atoms with Gasteiger partial charge in [0.1, 0.15) is 0 Å². The standard InChI is InChI=1S/C18H22N4O/c1-12(2)17-16-14(9-8-13(18(16)23)11-21(3)4)20-22(17)15-7-5-6-10-19-15/h5-7,10-12H,8-9H2,1-4H3. The first-order valence-electron chi connectivity index (χ1n) is 7.94. The van der Waals surface area contributed by atoms with Crippen LogP contribution in [0.1, 0.15) is 47.9 Å². The quantitative estimate of drug-likeness (QED) is 0.818. The molecule has 2 aromatic rings. The minimum atomic E-state index is 0.103. The summed E-state index contributed by atoms with van der Waals surface area (Å²) in [5.41, 5.74) is 3.46. The highest BCUT2D eigenvalue weighted by Gasteiger charge is 2.31. The minimum Gasteiger partial charge on any atom is -0.383 e. The summed E-state index contributed by atoms with van der Waals surface area (Å²) in [6, 6.07) is 5.74. The van der Waals surface area contributed by atoms with Crippen LogP contribution >= 0.6 is 0 Å². The van der Waals surface area contributed by atoms with Crippen LogP contribution in [-0.4, -0.2) is 39.5 Å². The maximum Gasteiger partial charge on any atom is 0.194 e. The summed E-state index contributed by atoms with van der Waals surface area (Å²) >= 11 is 0. The van der Waals surface area contributed by atoms with Crippen molar-refractivity contribution in [2.75, 3.05) is 14.1 Å². The second kappa shape index (κ2) is 5.99. The average molecular weight is 310 g/mol. The fourth-order valence-electron chi connectivity index (χ4n) is 3.05. The van der Waals surface area contributed by atoms with Gasteiger partial charge >= 0.3 is 0 Å². The van der Waals surface area contributed by atoms with Crippen LogP contribution < -0.4 is 0 Å². The molecule has 5 nitrogen and oxygen atoms in total. The molecule has 120 valence electrons. The summed E-state index contributed by atoms with van der Waals surface area (Å²) in [6.45, 7) is 4.18. The summed E-state index contributed by atoms with van der Waals surface area (Å²) in [7, 11) is 3.88. The molecule has 0 unspecified atom stereocenters. The van der Waals surface area contributed by atoms with E-state index in [1.165, 1.54) is 0 Å². The Bertz CT molecular complexity index is 757. The first kappa shape index (κ1) is 15.5. The summed E-state index contributed by atoms with van der Waals surface area (Å²) in [5, 5.41) is 4.70. The zero-order valence-corrected chi connectivity index (χ0v) is 14.1. The summed E-state index contributed by atoms with van der Waals surface area (Å²) in [5.74, 6) is 1.05. The van der Waals surface area contributed by atoms with Crippen LogP contribution in [0.5, 0.6) is 0 Å². The molecular formula is C18H22N4O. The Morgan fingerprint density at radius 3 is 2.65 bits per heavy atom. The lowest BCUT2D eigenvalue weighted by molar-refractivity contribution is 0.102. The molecule has 5 heteroatoms. The molecule has 2 aromatic heterocycles. The monoisotopic (exact) mass is 310 g/mol. The highest BCUT2D eigenvalue weighted by Crippen LogP contribution is 2.32. The molecule has 2 heterocycles. The Morgan fingerprint density at radius 1 is 1.26 bits per heavy atom. The van der Waals surface area contributed by atoms with Crippen molar-refractivity contribution in [3.8, 4) is 5.82 Å². The molecule has 1 aliphatic carbocycles. The summed E-state index contributed by atoms with van der Waals surface area (Å²) < 4.78 is 1.84. The van der Waals surface area contributed by atoms with Gasteiger partial charge in [0, 0.05) is 32.1 Å². The predicted octanol–water partition coefficient (Wildman–Crippen LogP) is 2.97. The van der Waals surface area contributed by atoms with Crippen molar-refractivity contribution in [3.05, 3.63) is 53.1 Å². The van der Waals surface area contributed by atoms with E-state index in [9.17, 15) is 4.79 Å². The van der Waals surface area contributed by atoms with E-state index < -0.39 is 0 Å². The van der Waals surface area contributed by atoms with E-state index in [0.717, 1.165) is 41.2 Å². The minimum absolute atomic E-state index is 0.103. The third-order valence-electron chi connectivity index (χ3n) is 3.97. The van der Waals surface area contributed by atoms with Gasteiger partial charge in [-0.25, -0.2) is 9.67 Å². The van der Waals surface area contributed by atoms with E-state index in [1.54, 1.807) is 6.20 Å². The lowest BCUT2D eigenvalue weighted by Gasteiger charge is -2.17. The average Bonchev–Trinajstić information content (AvgIpc) is 2.91. The van der Waals surface area contributed by atoms with Crippen molar-refractivity contribution in [1.29, 1.82) is 0 Å². The number of carbonyl (C=O) groups is 1. The number of allylic oxidation sites excluding steroid dienone is 1. The largest absolute Gasteiger partial charge is 0.383 e. The normalized spacial score (nSPS) is 16.0. The lowest BCUT2D eigenvalue weighted by Crippen LogP contribution is -2.18. The molecule has 0 saturated carbocycles. The number of aryl methyl sites for hydroxylation is 1. The van der Waals surface area contributed by atoms with Crippen molar-refractivity contribution >= 4 is 5.78 Å². The third-order valence-corrected chi connectivity index (χ3v) is 3.97. The van der Waals surface area contributed by atoms with Crippen molar-refractivity contribution in [2.45, 2.75) is 32.6 Å². The van der Waals surface area contributed by atoms with E-state index in [2.05, 4.69) is 18.8 Å². The molecular weight excluding hydrogens is 288 g/mol. The Balaban J connectivity index is 2.17. The van der Waals surface area contributed by atoms with Gasteiger partial charge in [-0.05, 0) is 30.9 Å². The molecule has 1 aliphatic rings. The molecule has 0 fully saturated rings. The van der Waals surface area contributed by atoms with Gasteiger partial charge in [-0.15, -0.1) is 0 Å². The van der Waals surface area contributed by atoms with Gasteiger partial charge in [-0.3, -0.25) is 4.79 Å². The molecule has 0 aliphatic heterocycles. The van der Waals surface area contributed by atoms with Gasteiger partial charge in [0.2, 0.25) is 0 Å². The Kier molecular flexibility index (Phi) is 4.03. The van der Waals surface area contributed by atoms with Crippen molar-refractivity contribution in [2.24, 2.45) is 0 Å². The fraction of sp³-hybridized carbons (Fsp3) is 0.389. The van der Waals surface area contributed by atoms with Crippen molar-refractivity contribution < 1.29 is 4.79 Å². The second-order valence-corrected chi connectivity index (χ2v) is 6.41. The summed E-state index contributed by atoms with van der Waals surface area (Å²) in [4.78, 5) is 19.3. The smallest absolute Gasteiger partial charge is 0.194 e. The lowest BCUT2D eigenvalue weighted by atomic mass is 9.88. The molecule has 0 aromatic carbocycles. The van der Waals surface area contributed by atoms with Crippen LogP contribution in [0.25, 0.3) is 5.82 Å². The van der Waals surface area contributed by atoms with Gasteiger partial charge in [0.25, 0.3) is 0 Å². The number of pyridine rings is 1. The topological polar surface area (TPSA) is 51.0 Å². The number of Topliss-reactive ketones (excluding diaryl/α,β-unsaturated/α-hetero) is 1. The molecule has 0 amide bonds. The number of ketones is 1. The van der Waals surface area contributed by atoms with Gasteiger partial charge in [0.15, 0.2) is 11.6 Å². The number of carbonyl (C=O) groups excluding carboxylic acids is 1. The van der Waals surface area contributed by atoms with Crippen LogP contribution in [0.15, 0.2) is 36.2 Å². The van der Waals surface area contributed by atoms with E-state index in [0.29, 0.717) is 0 Å². The first-order chi connectivity index (χ1) is 11.0. The van der Waals surface area contributed by atoms with Crippen LogP contribution in [-0.2, 0) is 6.42 Å². The van der Waals surface area contributed by atoms with Gasteiger partial charge < -0.3 is 4.90 Å². The molecule has 0 atom stereocenters. The Labute approximate surface area is 136 Å². The van der Waals surface area contributed by atoms with Gasteiger partial charge in [0.05, 0.1) is 17.0 Å². The molecule has 0 saturated heterocycles. The van der Waals surface area contributed by atoms with Crippen molar-refractivity contribution in [1.82, 2.24) is 19.7 Å². The first-order valence-corrected chi connectivity index (χ1v) is 7.94. The van der Waals surface area contributed by atoms with Crippen LogP contribution in [0.2, 0.25) is 0 Å². The molecule has 0 N–H and O–H groups in total. The van der Waals surface area contributed by atoms with Crippen LogP contribution in [0.3, 0.4) is 0 Å². The SMILES string of the molecule is CC(C)c1c2c(nn1-c1ccccn1)CCC(=CN(C)C)C2=O. The Morgan fingerprint density at radius 2 is 2.04 bits per heavy atom. The van der Waals surface area contributed by atoms with Crippen LogP contribution in [0.4, 0.5) is 0 Å². The molecule has 0 spiro atoms. The highest BCUT2D eigenvalue weighted by atomic mass is 16.1. The maximum atomic E-state index is 13.0. The summed E-state index contributed by atoms with van der Waals surface area (Å²) in [6.07, 6.45) is 5.20. The van der Waals surface area contributed by atoms with Gasteiger partial charge in [-0.2, -0.15) is 5.10 Å². The van der Waals surface area contributed by atoms with Crippen LogP contribution in [0, 0.1) is 0 Å². The Hall–Kier alpha value is -2.43. The van der Waals surface area contributed by atoms with E-state index in [-0.39, 0.29) is 11.7 Å². The van der Waals surface area contributed by atoms with E-state index in [1.807, 2.05) is 48.1 Å². The zero-order chi connectivity index (χ0) is 16.6. The number of rotatable bonds is 3. The van der Waals surface area contributed by atoms with Gasteiger partial charge in [-0.1, -0.05) is 19.9 Å². The maximum absolute atomic E-state index is 13.0. The molecule has 0 radical (unpaired) electrons. The predicted molar refractivity (Wildman–Crippen MR) is 89.9 cm³/mol. The molecule has 3 rings (SSSR count). The molecule has 23 heavy (non-hydrogen) atoms. The number of hydrogen-bond acceptors (Lipinski definition) is 4. The number of aromatic nitrogens is 3. The van der Waals surface area contributed by atoms with Crippen molar-refractivity contribution in [3.63, 3.8) is 0 Å². The highest BCUT2D eigenvalue weighted by molar-refractivity contribution is 6.11. The fourth-order valence-corrected chi connectivity index (χ4v) is 3.05. The third kappa shape index (κ3) is 2.79. The molecule has 0 bridgehead atoms. The van der Waals surface area contributed by atoms with E-state index >= 15 is 0 Å². The number of fused-ring (bicyclic) bond motifs is 1. The zero-order valence-electron chi connectivity index (χ0n) is 14.1. The number of hydrogen-bond donors (Lipinski definition) is 0.